The minimum Gasteiger partial charge on any atom is -0.487 e. The molecular formula is C23H34N2O3+2. The normalized spacial score (nSPS) is 19.3. The molecule has 1 aliphatic heterocycles. The Labute approximate surface area is 168 Å². The summed E-state index contributed by atoms with van der Waals surface area (Å²) in [6.45, 7) is 12.2. The van der Waals surface area contributed by atoms with Gasteiger partial charge in [0.25, 0.3) is 0 Å². The first-order chi connectivity index (χ1) is 13.8. The van der Waals surface area contributed by atoms with Gasteiger partial charge < -0.3 is 24.0 Å². The Hall–Kier alpha value is -2.08. The van der Waals surface area contributed by atoms with Crippen LogP contribution in [0.25, 0.3) is 0 Å². The number of likely N-dealkylation sites (N-methyl/N-ethyl adjacent to an activating group) is 1. The first kappa shape index (κ1) is 20.6. The third kappa shape index (κ3) is 6.82. The molecule has 1 fully saturated rings. The largest absolute Gasteiger partial charge is 0.487 e. The molecule has 0 aromatic heterocycles. The Morgan fingerprint density at radius 2 is 1.36 bits per heavy atom. The second kappa shape index (κ2) is 11.7. The summed E-state index contributed by atoms with van der Waals surface area (Å²) >= 11 is 0. The topological polar surface area (TPSA) is 36.6 Å². The molecule has 5 nitrogen and oxygen atoms in total. The highest BCUT2D eigenvalue weighted by Crippen LogP contribution is 2.27. The number of hydrogen-bond acceptors (Lipinski definition) is 3. The van der Waals surface area contributed by atoms with Gasteiger partial charge in [0.1, 0.15) is 45.9 Å². The number of nitrogens with one attached hydrogen (secondary N) is 2. The molecule has 1 saturated heterocycles. The van der Waals surface area contributed by atoms with E-state index in [1.807, 2.05) is 42.5 Å². The van der Waals surface area contributed by atoms with E-state index in [-0.39, 0.29) is 0 Å². The molecule has 28 heavy (non-hydrogen) atoms. The predicted octanol–water partition coefficient (Wildman–Crippen LogP) is 0.464. The summed E-state index contributed by atoms with van der Waals surface area (Å²) in [5.74, 6) is 1.54. The molecule has 0 radical (unpaired) electrons. The van der Waals surface area contributed by atoms with Crippen molar-refractivity contribution in [2.75, 3.05) is 59.1 Å². The summed E-state index contributed by atoms with van der Waals surface area (Å²) in [7, 11) is 0. The quantitative estimate of drug-likeness (QED) is 0.551. The number of quaternary nitrogens is 2. The molecule has 0 saturated carbocycles. The molecule has 152 valence electrons. The second-order valence-corrected chi connectivity index (χ2v) is 7.29. The Kier molecular flexibility index (Phi) is 8.62. The molecule has 0 unspecified atom stereocenters. The van der Waals surface area contributed by atoms with Gasteiger partial charge in [-0.2, -0.15) is 0 Å². The van der Waals surface area contributed by atoms with Crippen LogP contribution in [0.15, 0.2) is 54.6 Å². The maximum Gasteiger partial charge on any atom is 0.161 e. The van der Waals surface area contributed by atoms with Crippen molar-refractivity contribution >= 4 is 0 Å². The molecule has 0 aliphatic carbocycles. The number of ether oxygens (including phenoxy) is 3. The fourth-order valence-electron chi connectivity index (χ4n) is 3.51. The van der Waals surface area contributed by atoms with Crippen LogP contribution in [0, 0.1) is 0 Å². The zero-order valence-electron chi connectivity index (χ0n) is 17.0. The predicted molar refractivity (Wildman–Crippen MR) is 110 cm³/mol. The molecule has 2 aromatic carbocycles. The maximum absolute atomic E-state index is 5.93. The minimum absolute atomic E-state index is 0.535. The summed E-state index contributed by atoms with van der Waals surface area (Å²) in [5, 5.41) is 0. The Morgan fingerprint density at radius 1 is 0.714 bits per heavy atom. The van der Waals surface area contributed by atoms with Crippen molar-refractivity contribution in [2.24, 2.45) is 0 Å². The van der Waals surface area contributed by atoms with Gasteiger partial charge in [-0.3, -0.25) is 0 Å². The lowest BCUT2D eigenvalue weighted by atomic mass is 10.2. The van der Waals surface area contributed by atoms with Crippen molar-refractivity contribution in [3.05, 3.63) is 60.2 Å². The molecule has 0 spiro atoms. The van der Waals surface area contributed by atoms with Gasteiger partial charge in [-0.1, -0.05) is 42.5 Å². The second-order valence-electron chi connectivity index (χ2n) is 7.29. The van der Waals surface area contributed by atoms with E-state index >= 15 is 0 Å². The van der Waals surface area contributed by atoms with Crippen LogP contribution in [0.2, 0.25) is 0 Å². The molecule has 0 bridgehead atoms. The summed E-state index contributed by atoms with van der Waals surface area (Å²) in [6, 6.07) is 18.0. The number of benzene rings is 2. The number of hydrogen-bond donors (Lipinski definition) is 2. The molecule has 0 amide bonds. The SMILES string of the molecule is CC[NH+]1CC[NH+](CCOCCOc2ccccc2OCc2ccccc2)CC1. The van der Waals surface area contributed by atoms with Gasteiger partial charge in [-0.05, 0) is 24.6 Å². The van der Waals surface area contributed by atoms with E-state index in [9.17, 15) is 0 Å². The highest BCUT2D eigenvalue weighted by molar-refractivity contribution is 5.39. The van der Waals surface area contributed by atoms with E-state index in [1.165, 1.54) is 32.7 Å². The van der Waals surface area contributed by atoms with Gasteiger partial charge in [-0.15, -0.1) is 0 Å². The molecular weight excluding hydrogens is 352 g/mol. The summed E-state index contributed by atoms with van der Waals surface area (Å²) < 4.78 is 17.6. The molecule has 2 aromatic rings. The van der Waals surface area contributed by atoms with Gasteiger partial charge in [0.2, 0.25) is 0 Å². The lowest BCUT2D eigenvalue weighted by Gasteiger charge is -2.28. The monoisotopic (exact) mass is 386 g/mol. The van der Waals surface area contributed by atoms with Crippen molar-refractivity contribution in [2.45, 2.75) is 13.5 Å². The average Bonchev–Trinajstić information content (AvgIpc) is 2.76. The lowest BCUT2D eigenvalue weighted by Crippen LogP contribution is -3.28. The number of para-hydroxylation sites is 2. The minimum atomic E-state index is 0.535. The van der Waals surface area contributed by atoms with Gasteiger partial charge in [0, 0.05) is 0 Å². The van der Waals surface area contributed by atoms with E-state index in [0.29, 0.717) is 19.8 Å². The highest BCUT2D eigenvalue weighted by atomic mass is 16.5. The Balaban J connectivity index is 1.31. The van der Waals surface area contributed by atoms with Gasteiger partial charge >= 0.3 is 0 Å². The van der Waals surface area contributed by atoms with Crippen LogP contribution in [0.4, 0.5) is 0 Å². The Bertz CT molecular complexity index is 673. The number of rotatable bonds is 11. The lowest BCUT2D eigenvalue weighted by molar-refractivity contribution is -1.01. The first-order valence-electron chi connectivity index (χ1n) is 10.5. The van der Waals surface area contributed by atoms with E-state index < -0.39 is 0 Å². The van der Waals surface area contributed by atoms with Crippen LogP contribution in [0.3, 0.4) is 0 Å². The van der Waals surface area contributed by atoms with E-state index in [0.717, 1.165) is 30.2 Å². The van der Waals surface area contributed by atoms with Crippen LogP contribution in [-0.4, -0.2) is 59.1 Å². The fourth-order valence-corrected chi connectivity index (χ4v) is 3.51. The van der Waals surface area contributed by atoms with Crippen molar-refractivity contribution in [1.29, 1.82) is 0 Å². The summed E-state index contributed by atoms with van der Waals surface area (Å²) in [6.07, 6.45) is 0. The first-order valence-corrected chi connectivity index (χ1v) is 10.5. The van der Waals surface area contributed by atoms with E-state index in [2.05, 4.69) is 19.1 Å². The van der Waals surface area contributed by atoms with Crippen LogP contribution in [0.1, 0.15) is 12.5 Å². The fraction of sp³-hybridized carbons (Fsp3) is 0.478. The summed E-state index contributed by atoms with van der Waals surface area (Å²) in [4.78, 5) is 3.39. The Morgan fingerprint density at radius 3 is 2.07 bits per heavy atom. The zero-order valence-corrected chi connectivity index (χ0v) is 17.0. The van der Waals surface area contributed by atoms with E-state index in [1.54, 1.807) is 9.80 Å². The average molecular weight is 387 g/mol. The highest BCUT2D eigenvalue weighted by Gasteiger charge is 2.20. The van der Waals surface area contributed by atoms with Crippen molar-refractivity contribution in [3.8, 4) is 11.5 Å². The smallest absolute Gasteiger partial charge is 0.161 e. The van der Waals surface area contributed by atoms with Gasteiger partial charge in [0.05, 0.1) is 19.8 Å². The van der Waals surface area contributed by atoms with Gasteiger partial charge in [-0.25, -0.2) is 0 Å². The molecule has 5 heteroatoms. The third-order valence-electron chi connectivity index (χ3n) is 5.34. The van der Waals surface area contributed by atoms with E-state index in [4.69, 9.17) is 14.2 Å². The molecule has 2 N–H and O–H groups in total. The summed E-state index contributed by atoms with van der Waals surface area (Å²) in [5.41, 5.74) is 1.14. The molecule has 0 atom stereocenters. The zero-order chi connectivity index (χ0) is 19.4. The van der Waals surface area contributed by atoms with Crippen molar-refractivity contribution in [3.63, 3.8) is 0 Å². The van der Waals surface area contributed by atoms with Gasteiger partial charge in [0.15, 0.2) is 11.5 Å². The molecule has 1 aliphatic rings. The van der Waals surface area contributed by atoms with Crippen LogP contribution in [-0.2, 0) is 11.3 Å². The van der Waals surface area contributed by atoms with Crippen LogP contribution in [0.5, 0.6) is 11.5 Å². The molecule has 3 rings (SSSR count). The number of piperazine rings is 1. The standard InChI is InChI=1S/C23H32N2O3/c1-2-24-12-14-25(15-13-24)16-17-26-18-19-27-22-10-6-7-11-23(22)28-20-21-8-4-3-5-9-21/h3-11H,2,12-20H2,1H3/p+2. The molecule has 1 heterocycles. The van der Waals surface area contributed by atoms with Crippen molar-refractivity contribution in [1.82, 2.24) is 0 Å². The van der Waals surface area contributed by atoms with Crippen LogP contribution < -0.4 is 19.3 Å². The van der Waals surface area contributed by atoms with Crippen LogP contribution >= 0.6 is 0 Å². The third-order valence-corrected chi connectivity index (χ3v) is 5.34. The maximum atomic E-state index is 5.93. The van der Waals surface area contributed by atoms with Crippen molar-refractivity contribution < 1.29 is 24.0 Å².